The molecular formula is C23H18ClN3O2S2. The first-order valence-corrected chi connectivity index (χ1v) is 11.0. The number of carbonyl (C=O) groups is 1. The number of aromatic nitrogens is 1. The molecule has 1 amide bonds. The molecule has 156 valence electrons. The molecule has 0 aliphatic heterocycles. The van der Waals surface area contributed by atoms with Crippen LogP contribution in [0.5, 0.6) is 5.75 Å². The molecule has 0 bridgehead atoms. The number of ether oxygens (including phenoxy) is 1. The molecule has 3 aromatic carbocycles. The lowest BCUT2D eigenvalue weighted by Gasteiger charge is -2.09. The fourth-order valence-electron chi connectivity index (χ4n) is 2.88. The number of fused-ring (bicyclic) bond motifs is 1. The van der Waals surface area contributed by atoms with E-state index in [0.717, 1.165) is 21.3 Å². The number of carbonyl (C=O) groups excluding carboxylic acids is 1. The second-order valence-electron chi connectivity index (χ2n) is 6.80. The first-order chi connectivity index (χ1) is 15.0. The molecule has 2 N–H and O–H groups in total. The number of amides is 1. The van der Waals surface area contributed by atoms with Crippen molar-refractivity contribution in [2.45, 2.75) is 13.5 Å². The van der Waals surface area contributed by atoms with E-state index in [0.29, 0.717) is 28.1 Å². The number of rotatable bonds is 5. The third kappa shape index (κ3) is 5.38. The summed E-state index contributed by atoms with van der Waals surface area (Å²) in [4.78, 5) is 17.1. The van der Waals surface area contributed by atoms with Crippen LogP contribution in [0.4, 0.5) is 5.13 Å². The minimum Gasteiger partial charge on any atom is -0.489 e. The van der Waals surface area contributed by atoms with Gasteiger partial charge in [-0.1, -0.05) is 59.3 Å². The minimum absolute atomic E-state index is 0.169. The van der Waals surface area contributed by atoms with Crippen molar-refractivity contribution >= 4 is 61.5 Å². The lowest BCUT2D eigenvalue weighted by Crippen LogP contribution is -2.34. The Balaban J connectivity index is 1.38. The van der Waals surface area contributed by atoms with Gasteiger partial charge in [0.15, 0.2) is 10.2 Å². The molecule has 0 aliphatic rings. The SMILES string of the molecule is Cc1cc2sc(NC(=S)NC(=O)c3cccc(OCc4ccccc4)c3)nc2cc1Cl. The third-order valence-corrected chi connectivity index (χ3v) is 6.01. The van der Waals surface area contributed by atoms with Crippen LogP contribution in [0, 0.1) is 6.92 Å². The highest BCUT2D eigenvalue weighted by molar-refractivity contribution is 7.80. The molecule has 0 spiro atoms. The van der Waals surface area contributed by atoms with Crippen LogP contribution in [0.2, 0.25) is 5.02 Å². The minimum atomic E-state index is -0.331. The summed E-state index contributed by atoms with van der Waals surface area (Å²) >= 11 is 12.9. The Hall–Kier alpha value is -3.00. The van der Waals surface area contributed by atoms with Crippen LogP contribution in [0.25, 0.3) is 10.2 Å². The lowest BCUT2D eigenvalue weighted by molar-refractivity contribution is 0.0977. The van der Waals surface area contributed by atoms with Gasteiger partial charge in [0.25, 0.3) is 5.91 Å². The van der Waals surface area contributed by atoms with E-state index in [1.165, 1.54) is 11.3 Å². The smallest absolute Gasteiger partial charge is 0.257 e. The first-order valence-electron chi connectivity index (χ1n) is 9.44. The number of aryl methyl sites for hydroxylation is 1. The number of halogens is 1. The van der Waals surface area contributed by atoms with E-state index >= 15 is 0 Å². The number of anilines is 1. The Morgan fingerprint density at radius 2 is 1.94 bits per heavy atom. The van der Waals surface area contributed by atoms with Gasteiger partial charge in [-0.25, -0.2) is 4.98 Å². The van der Waals surface area contributed by atoms with Gasteiger partial charge < -0.3 is 10.1 Å². The Labute approximate surface area is 194 Å². The summed E-state index contributed by atoms with van der Waals surface area (Å²) in [5, 5.41) is 7.06. The summed E-state index contributed by atoms with van der Waals surface area (Å²) in [6, 6.07) is 20.6. The van der Waals surface area contributed by atoms with Crippen LogP contribution in [0.1, 0.15) is 21.5 Å². The number of hydrogen-bond donors (Lipinski definition) is 2. The maximum Gasteiger partial charge on any atom is 0.257 e. The van der Waals surface area contributed by atoms with Crippen LogP contribution in [0.15, 0.2) is 66.7 Å². The second-order valence-corrected chi connectivity index (χ2v) is 8.64. The molecule has 0 aliphatic carbocycles. The quantitative estimate of drug-likeness (QED) is 0.354. The van der Waals surface area contributed by atoms with Gasteiger partial charge in [0, 0.05) is 10.6 Å². The van der Waals surface area contributed by atoms with Gasteiger partial charge in [0.1, 0.15) is 12.4 Å². The normalized spacial score (nSPS) is 10.6. The van der Waals surface area contributed by atoms with Crippen molar-refractivity contribution in [2.24, 2.45) is 0 Å². The summed E-state index contributed by atoms with van der Waals surface area (Å²) in [6.45, 7) is 2.37. The predicted octanol–water partition coefficient (Wildman–Crippen LogP) is 5.96. The van der Waals surface area contributed by atoms with Crippen LogP contribution in [-0.4, -0.2) is 16.0 Å². The molecule has 4 rings (SSSR count). The predicted molar refractivity (Wildman–Crippen MR) is 130 cm³/mol. The topological polar surface area (TPSA) is 63.2 Å². The van der Waals surface area contributed by atoms with E-state index in [2.05, 4.69) is 15.6 Å². The lowest BCUT2D eigenvalue weighted by atomic mass is 10.2. The maximum atomic E-state index is 12.6. The van der Waals surface area contributed by atoms with Gasteiger partial charge >= 0.3 is 0 Å². The average molecular weight is 468 g/mol. The van der Waals surface area contributed by atoms with E-state index in [1.807, 2.05) is 55.5 Å². The Morgan fingerprint density at radius 1 is 1.13 bits per heavy atom. The van der Waals surface area contributed by atoms with E-state index in [1.54, 1.807) is 18.2 Å². The molecule has 0 saturated heterocycles. The van der Waals surface area contributed by atoms with Crippen molar-refractivity contribution in [3.63, 3.8) is 0 Å². The fraction of sp³-hybridized carbons (Fsp3) is 0.0870. The molecule has 0 unspecified atom stereocenters. The van der Waals surface area contributed by atoms with E-state index < -0.39 is 0 Å². The van der Waals surface area contributed by atoms with Crippen LogP contribution in [0.3, 0.4) is 0 Å². The third-order valence-electron chi connectivity index (χ3n) is 4.46. The molecule has 0 fully saturated rings. The zero-order chi connectivity index (χ0) is 21.8. The monoisotopic (exact) mass is 467 g/mol. The fourth-order valence-corrected chi connectivity index (χ4v) is 4.24. The van der Waals surface area contributed by atoms with E-state index in [9.17, 15) is 4.79 Å². The van der Waals surface area contributed by atoms with Crippen molar-refractivity contribution in [3.05, 3.63) is 88.4 Å². The highest BCUT2D eigenvalue weighted by atomic mass is 35.5. The number of hydrogen-bond acceptors (Lipinski definition) is 5. The van der Waals surface area contributed by atoms with Gasteiger partial charge in [-0.3, -0.25) is 10.1 Å². The average Bonchev–Trinajstić information content (AvgIpc) is 3.14. The zero-order valence-corrected chi connectivity index (χ0v) is 18.9. The van der Waals surface area contributed by atoms with Gasteiger partial charge in [0.2, 0.25) is 0 Å². The molecule has 31 heavy (non-hydrogen) atoms. The molecule has 0 atom stereocenters. The number of nitrogens with one attached hydrogen (secondary N) is 2. The highest BCUT2D eigenvalue weighted by Gasteiger charge is 2.12. The van der Waals surface area contributed by atoms with Crippen LogP contribution < -0.4 is 15.4 Å². The van der Waals surface area contributed by atoms with Gasteiger partial charge in [-0.2, -0.15) is 0 Å². The summed E-state index contributed by atoms with van der Waals surface area (Å²) in [5.74, 6) is 0.275. The van der Waals surface area contributed by atoms with E-state index in [4.69, 9.17) is 28.6 Å². The van der Waals surface area contributed by atoms with Crippen molar-refractivity contribution in [1.29, 1.82) is 0 Å². The summed E-state index contributed by atoms with van der Waals surface area (Å²) < 4.78 is 6.78. The van der Waals surface area contributed by atoms with Crippen LogP contribution in [-0.2, 0) is 6.61 Å². The Morgan fingerprint density at radius 3 is 2.74 bits per heavy atom. The van der Waals surface area contributed by atoms with Crippen molar-refractivity contribution in [3.8, 4) is 5.75 Å². The number of thiazole rings is 1. The largest absolute Gasteiger partial charge is 0.489 e. The van der Waals surface area contributed by atoms with Crippen molar-refractivity contribution in [2.75, 3.05) is 5.32 Å². The molecular weight excluding hydrogens is 450 g/mol. The molecule has 1 aromatic heterocycles. The van der Waals surface area contributed by atoms with Gasteiger partial charge in [-0.15, -0.1) is 0 Å². The van der Waals surface area contributed by atoms with E-state index in [-0.39, 0.29) is 11.0 Å². The number of nitrogens with zero attached hydrogens (tertiary/aromatic N) is 1. The summed E-state index contributed by atoms with van der Waals surface area (Å²) in [6.07, 6.45) is 0. The van der Waals surface area contributed by atoms with Crippen molar-refractivity contribution < 1.29 is 9.53 Å². The number of thiocarbonyl (C=S) groups is 1. The Bertz CT molecular complexity index is 1220. The molecule has 4 aromatic rings. The van der Waals surface area contributed by atoms with Gasteiger partial charge in [-0.05, 0) is 60.6 Å². The maximum absolute atomic E-state index is 12.6. The Kier molecular flexibility index (Phi) is 6.46. The molecule has 0 radical (unpaired) electrons. The summed E-state index contributed by atoms with van der Waals surface area (Å²) in [5.41, 5.74) is 3.26. The van der Waals surface area contributed by atoms with Crippen molar-refractivity contribution in [1.82, 2.24) is 10.3 Å². The molecule has 0 saturated carbocycles. The molecule has 1 heterocycles. The standard InChI is InChI=1S/C23H18ClN3O2S2/c1-14-10-20-19(12-18(14)24)25-23(31-20)27-22(30)26-21(28)16-8-5-9-17(11-16)29-13-15-6-3-2-4-7-15/h2-12H,13H2,1H3,(H2,25,26,27,28,30). The summed E-state index contributed by atoms with van der Waals surface area (Å²) in [7, 11) is 0. The zero-order valence-electron chi connectivity index (χ0n) is 16.5. The van der Waals surface area contributed by atoms with Gasteiger partial charge in [0.05, 0.1) is 10.2 Å². The molecule has 5 nitrogen and oxygen atoms in total. The molecule has 8 heteroatoms. The highest BCUT2D eigenvalue weighted by Crippen LogP contribution is 2.30. The second kappa shape index (κ2) is 9.43. The number of benzene rings is 3. The first kappa shape index (κ1) is 21.2. The van der Waals surface area contributed by atoms with Crippen LogP contribution >= 0.6 is 35.2 Å².